The van der Waals surface area contributed by atoms with Crippen molar-refractivity contribution in [3.8, 4) is 0 Å². The predicted octanol–water partition coefficient (Wildman–Crippen LogP) is 2.72. The lowest BCUT2D eigenvalue weighted by molar-refractivity contribution is -0.409. The van der Waals surface area contributed by atoms with Gasteiger partial charge in [0.15, 0.2) is 0 Å². The molecule has 2 aromatic rings. The molecule has 1 aromatic carbocycles. The number of aromatic nitrogens is 1. The van der Waals surface area contributed by atoms with Crippen LogP contribution in [0.1, 0.15) is 18.5 Å². The van der Waals surface area contributed by atoms with Crippen molar-refractivity contribution in [1.82, 2.24) is 0 Å². The van der Waals surface area contributed by atoms with Crippen LogP contribution in [0.5, 0.6) is 0 Å². The zero-order chi connectivity index (χ0) is 13.8. The van der Waals surface area contributed by atoms with Gasteiger partial charge >= 0.3 is 11.5 Å². The summed E-state index contributed by atoms with van der Waals surface area (Å²) in [5.41, 5.74) is 0.810. The van der Waals surface area contributed by atoms with Crippen molar-refractivity contribution in [2.45, 2.75) is 13.0 Å². The second kappa shape index (κ2) is 5.43. The Kier molecular flexibility index (Phi) is 3.70. The van der Waals surface area contributed by atoms with E-state index in [-0.39, 0.29) is 17.5 Å². The van der Waals surface area contributed by atoms with Crippen LogP contribution in [0.25, 0.3) is 0 Å². The fourth-order valence-electron chi connectivity index (χ4n) is 1.75. The maximum absolute atomic E-state index is 12.8. The van der Waals surface area contributed by atoms with Crippen LogP contribution in [0.15, 0.2) is 42.6 Å². The molecular formula is C13H13FN3O2+. The first-order valence-electron chi connectivity index (χ1n) is 5.75. The van der Waals surface area contributed by atoms with Gasteiger partial charge in [-0.15, -0.1) is 0 Å². The van der Waals surface area contributed by atoms with Gasteiger partial charge in [-0.05, 0) is 30.7 Å². The summed E-state index contributed by atoms with van der Waals surface area (Å²) in [5.74, 6) is 0.0116. The summed E-state index contributed by atoms with van der Waals surface area (Å²) in [6, 6.07) is 8.79. The summed E-state index contributed by atoms with van der Waals surface area (Å²) in [6.07, 6.45) is 1.60. The lowest BCUT2D eigenvalue weighted by Crippen LogP contribution is -2.17. The van der Waals surface area contributed by atoms with Crippen LogP contribution in [0.4, 0.5) is 15.9 Å². The van der Waals surface area contributed by atoms with Gasteiger partial charge in [0.25, 0.3) is 0 Å². The zero-order valence-electron chi connectivity index (χ0n) is 10.3. The van der Waals surface area contributed by atoms with E-state index >= 15 is 0 Å². The number of pyridine rings is 1. The normalized spacial score (nSPS) is 11.9. The van der Waals surface area contributed by atoms with E-state index in [1.54, 1.807) is 24.4 Å². The molecule has 0 saturated carbocycles. The first-order valence-corrected chi connectivity index (χ1v) is 5.75. The summed E-state index contributed by atoms with van der Waals surface area (Å²) in [4.78, 5) is 13.2. The Hall–Kier alpha value is -2.50. The molecule has 0 aliphatic carbocycles. The fourth-order valence-corrected chi connectivity index (χ4v) is 1.75. The minimum absolute atomic E-state index is 0.0311. The number of nitro groups is 1. The van der Waals surface area contributed by atoms with Gasteiger partial charge in [0.1, 0.15) is 11.9 Å². The molecule has 2 rings (SSSR count). The number of benzene rings is 1. The molecule has 1 heterocycles. The molecule has 1 atom stereocenters. The Labute approximate surface area is 109 Å². The zero-order valence-corrected chi connectivity index (χ0v) is 10.3. The molecule has 1 aromatic heterocycles. The minimum atomic E-state index is -0.462. The molecule has 0 aliphatic rings. The summed E-state index contributed by atoms with van der Waals surface area (Å²) in [5, 5.41) is 13.9. The van der Waals surface area contributed by atoms with Gasteiger partial charge < -0.3 is 0 Å². The highest BCUT2D eigenvalue weighted by molar-refractivity contribution is 5.52. The van der Waals surface area contributed by atoms with Crippen LogP contribution in [-0.2, 0) is 0 Å². The number of rotatable bonds is 4. The molecule has 5 nitrogen and oxygen atoms in total. The maximum atomic E-state index is 12.8. The van der Waals surface area contributed by atoms with E-state index in [1.807, 2.05) is 6.92 Å². The van der Waals surface area contributed by atoms with Crippen molar-refractivity contribution >= 4 is 11.5 Å². The molecule has 0 spiro atoms. The Bertz CT molecular complexity index is 587. The van der Waals surface area contributed by atoms with E-state index < -0.39 is 4.92 Å². The highest BCUT2D eigenvalue weighted by atomic mass is 19.1. The molecule has 0 saturated heterocycles. The van der Waals surface area contributed by atoms with Crippen molar-refractivity contribution in [3.63, 3.8) is 0 Å². The van der Waals surface area contributed by atoms with Crippen molar-refractivity contribution in [1.29, 1.82) is 0 Å². The third-order valence-corrected chi connectivity index (χ3v) is 2.76. The third-order valence-electron chi connectivity index (χ3n) is 2.76. The molecule has 0 fully saturated rings. The quantitative estimate of drug-likeness (QED) is 0.680. The van der Waals surface area contributed by atoms with E-state index in [2.05, 4.69) is 10.3 Å². The summed E-state index contributed by atoms with van der Waals surface area (Å²) >= 11 is 0. The lowest BCUT2D eigenvalue weighted by Gasteiger charge is -2.09. The Morgan fingerprint density at radius 1 is 1.32 bits per heavy atom. The highest BCUT2D eigenvalue weighted by Gasteiger charge is 2.22. The molecule has 0 aliphatic heterocycles. The molecule has 0 unspecified atom stereocenters. The van der Waals surface area contributed by atoms with Gasteiger partial charge in [0.05, 0.1) is 11.1 Å². The van der Waals surface area contributed by atoms with E-state index in [1.165, 1.54) is 18.2 Å². The van der Waals surface area contributed by atoms with Crippen molar-refractivity contribution in [3.05, 3.63) is 64.1 Å². The van der Waals surface area contributed by atoms with Crippen LogP contribution in [0.2, 0.25) is 0 Å². The van der Waals surface area contributed by atoms with Gasteiger partial charge in [-0.3, -0.25) is 15.4 Å². The average Bonchev–Trinajstić information content (AvgIpc) is 2.39. The van der Waals surface area contributed by atoms with Crippen LogP contribution < -0.4 is 10.3 Å². The summed E-state index contributed by atoms with van der Waals surface area (Å²) < 4.78 is 12.8. The number of nitrogens with one attached hydrogen (secondary N) is 2. The lowest BCUT2D eigenvalue weighted by atomic mass is 10.1. The summed E-state index contributed by atoms with van der Waals surface area (Å²) in [6.45, 7) is 1.85. The number of nitrogens with zero attached hydrogens (tertiary/aromatic N) is 1. The molecule has 2 N–H and O–H groups in total. The van der Waals surface area contributed by atoms with Crippen LogP contribution >= 0.6 is 0 Å². The first kappa shape index (κ1) is 12.9. The second-order valence-corrected chi connectivity index (χ2v) is 4.11. The van der Waals surface area contributed by atoms with Crippen molar-refractivity contribution in [2.24, 2.45) is 0 Å². The van der Waals surface area contributed by atoms with Crippen LogP contribution in [0, 0.1) is 15.9 Å². The van der Waals surface area contributed by atoms with E-state index in [9.17, 15) is 14.5 Å². The van der Waals surface area contributed by atoms with Gasteiger partial charge in [-0.1, -0.05) is 12.1 Å². The molecule has 0 radical (unpaired) electrons. The fraction of sp³-hybridized carbons (Fsp3) is 0.154. The van der Waals surface area contributed by atoms with Gasteiger partial charge in [-0.2, -0.15) is 0 Å². The van der Waals surface area contributed by atoms with E-state index in [4.69, 9.17) is 0 Å². The van der Waals surface area contributed by atoms with Gasteiger partial charge in [0, 0.05) is 6.07 Å². The van der Waals surface area contributed by atoms with Crippen LogP contribution in [-0.4, -0.2) is 4.92 Å². The maximum Gasteiger partial charge on any atom is 0.357 e. The second-order valence-electron chi connectivity index (χ2n) is 4.11. The molecule has 98 valence electrons. The Morgan fingerprint density at radius 3 is 2.63 bits per heavy atom. The Morgan fingerprint density at radius 2 is 2.00 bits per heavy atom. The standard InChI is InChI=1S/C13H12FN3O2/c1-9(10-4-6-11(14)7-5-10)16-13-12(17(18)19)3-2-8-15-13/h2-9H,1H3,(H,15,16)/p+1/t9-/m1/s1. The molecule has 19 heavy (non-hydrogen) atoms. The average molecular weight is 262 g/mol. The number of hydrogen-bond donors (Lipinski definition) is 1. The number of anilines is 1. The van der Waals surface area contributed by atoms with Gasteiger partial charge in [-0.25, -0.2) is 9.37 Å². The topological polar surface area (TPSA) is 69.3 Å². The SMILES string of the molecule is C[C@@H](Nc1[nH+]cccc1[N+](=O)[O-])c1ccc(F)cc1. The largest absolute Gasteiger partial charge is 0.357 e. The Balaban J connectivity index is 2.21. The monoisotopic (exact) mass is 262 g/mol. The van der Waals surface area contributed by atoms with Crippen LogP contribution in [0.3, 0.4) is 0 Å². The number of halogens is 1. The van der Waals surface area contributed by atoms with E-state index in [0.717, 1.165) is 5.56 Å². The molecule has 6 heteroatoms. The van der Waals surface area contributed by atoms with Gasteiger partial charge in [0.2, 0.25) is 0 Å². The third kappa shape index (κ3) is 3.04. The number of aromatic amines is 1. The molecule has 0 amide bonds. The molecular weight excluding hydrogens is 249 g/mol. The highest BCUT2D eigenvalue weighted by Crippen LogP contribution is 2.23. The van der Waals surface area contributed by atoms with E-state index in [0.29, 0.717) is 5.82 Å². The molecule has 0 bridgehead atoms. The predicted molar refractivity (Wildman–Crippen MR) is 68.1 cm³/mol. The first-order chi connectivity index (χ1) is 9.08. The smallest absolute Gasteiger partial charge is 0.262 e. The minimum Gasteiger partial charge on any atom is -0.262 e. The number of H-pyrrole nitrogens is 1. The van der Waals surface area contributed by atoms with Crippen molar-refractivity contribution in [2.75, 3.05) is 5.32 Å². The van der Waals surface area contributed by atoms with Crippen molar-refractivity contribution < 1.29 is 14.3 Å². The number of hydrogen-bond acceptors (Lipinski definition) is 3. The summed E-state index contributed by atoms with van der Waals surface area (Å²) in [7, 11) is 0.